The molecule has 0 aromatic rings. The van der Waals surface area contributed by atoms with Gasteiger partial charge in [-0.25, -0.2) is 0 Å². The second kappa shape index (κ2) is 45.2. The van der Waals surface area contributed by atoms with Crippen molar-refractivity contribution in [3.05, 3.63) is 36.5 Å². The first-order valence-electron chi connectivity index (χ1n) is 24.7. The molecule has 0 aliphatic heterocycles. The monoisotopic (exact) mass is 802 g/mol. The van der Waals surface area contributed by atoms with E-state index in [1.165, 1.54) is 128 Å². The number of rotatable bonds is 44. The minimum Gasteiger partial charge on any atom is -0.462 e. The SMILES string of the molecule is CCCCC/C=C/C=C/CCCCCCC(CC(=O)NC(CO)C(O)CCCCCCCCCCCC)OC(=O)CCCCCCCCC/C=C\CCCCCC. The molecule has 6 heteroatoms. The summed E-state index contributed by atoms with van der Waals surface area (Å²) in [5, 5.41) is 23.7. The van der Waals surface area contributed by atoms with Gasteiger partial charge in [-0.05, 0) is 77.0 Å². The lowest BCUT2D eigenvalue weighted by molar-refractivity contribution is -0.151. The highest BCUT2D eigenvalue weighted by molar-refractivity contribution is 5.77. The van der Waals surface area contributed by atoms with Crippen LogP contribution in [0.2, 0.25) is 0 Å². The Morgan fingerprint density at radius 1 is 0.509 bits per heavy atom. The third kappa shape index (κ3) is 40.6. The van der Waals surface area contributed by atoms with Gasteiger partial charge in [-0.15, -0.1) is 0 Å². The highest BCUT2D eigenvalue weighted by Gasteiger charge is 2.24. The van der Waals surface area contributed by atoms with E-state index in [1.807, 2.05) is 0 Å². The van der Waals surface area contributed by atoms with Gasteiger partial charge in [-0.2, -0.15) is 0 Å². The van der Waals surface area contributed by atoms with Crippen molar-refractivity contribution in [1.82, 2.24) is 5.32 Å². The van der Waals surface area contributed by atoms with E-state index < -0.39 is 18.2 Å². The van der Waals surface area contributed by atoms with Gasteiger partial charge in [0.05, 0.1) is 25.2 Å². The Labute approximate surface area is 353 Å². The molecule has 0 radical (unpaired) electrons. The van der Waals surface area contributed by atoms with Crippen molar-refractivity contribution in [2.45, 2.75) is 270 Å². The van der Waals surface area contributed by atoms with E-state index in [9.17, 15) is 19.8 Å². The van der Waals surface area contributed by atoms with Crippen molar-refractivity contribution in [3.63, 3.8) is 0 Å². The van der Waals surface area contributed by atoms with E-state index in [0.29, 0.717) is 19.3 Å². The molecular formula is C51H95NO5. The number of nitrogens with one attached hydrogen (secondary N) is 1. The van der Waals surface area contributed by atoms with Crippen LogP contribution < -0.4 is 5.32 Å². The molecule has 0 spiro atoms. The van der Waals surface area contributed by atoms with Crippen LogP contribution >= 0.6 is 0 Å². The predicted molar refractivity (Wildman–Crippen MR) is 246 cm³/mol. The summed E-state index contributed by atoms with van der Waals surface area (Å²) in [5.74, 6) is -0.494. The zero-order valence-electron chi connectivity index (χ0n) is 38.0. The number of hydrogen-bond acceptors (Lipinski definition) is 5. The molecule has 3 N–H and O–H groups in total. The summed E-state index contributed by atoms with van der Waals surface area (Å²) < 4.78 is 5.91. The Kier molecular flexibility index (Phi) is 43.6. The molecule has 0 heterocycles. The number of ether oxygens (including phenoxy) is 1. The molecule has 0 fully saturated rings. The summed E-state index contributed by atoms with van der Waals surface area (Å²) in [7, 11) is 0. The number of hydrogen-bond donors (Lipinski definition) is 3. The standard InChI is InChI=1S/C51H95NO5/c1-4-7-10-13-16-19-22-24-25-27-29-32-35-38-41-44-51(56)57-47(42-39-36-33-30-28-26-23-20-17-14-11-8-5-2)45-50(55)52-48(46-53)49(54)43-40-37-34-31-21-18-15-12-9-6-3/h17,19-20,22-23,26,47-49,53-54H,4-16,18,21,24-25,27-46H2,1-3H3,(H,52,55)/b20-17+,22-19-,26-23+. The number of aliphatic hydroxyl groups excluding tert-OH is 2. The van der Waals surface area contributed by atoms with Crippen LogP contribution in [-0.4, -0.2) is 46.9 Å². The number of esters is 1. The zero-order chi connectivity index (χ0) is 41.7. The van der Waals surface area contributed by atoms with Crippen molar-refractivity contribution in [2.24, 2.45) is 0 Å². The Bertz CT molecular complexity index is 946. The largest absolute Gasteiger partial charge is 0.462 e. The average Bonchev–Trinajstić information content (AvgIpc) is 3.20. The van der Waals surface area contributed by atoms with Crippen LogP contribution in [0.15, 0.2) is 36.5 Å². The molecule has 0 saturated heterocycles. The van der Waals surface area contributed by atoms with Crippen molar-refractivity contribution in [3.8, 4) is 0 Å². The first kappa shape index (κ1) is 55.1. The summed E-state index contributed by atoms with van der Waals surface area (Å²) in [6.07, 6.45) is 52.0. The van der Waals surface area contributed by atoms with Crippen molar-refractivity contribution in [1.29, 1.82) is 0 Å². The Morgan fingerprint density at radius 3 is 1.40 bits per heavy atom. The lowest BCUT2D eigenvalue weighted by atomic mass is 10.0. The minimum absolute atomic E-state index is 0.0641. The van der Waals surface area contributed by atoms with Gasteiger partial charge in [-0.1, -0.05) is 198 Å². The number of carbonyl (C=O) groups excluding carboxylic acids is 2. The molecule has 6 nitrogen and oxygen atoms in total. The summed E-state index contributed by atoms with van der Waals surface area (Å²) in [5.41, 5.74) is 0. The second-order valence-corrected chi connectivity index (χ2v) is 16.9. The summed E-state index contributed by atoms with van der Waals surface area (Å²) in [6, 6.07) is -0.705. The number of amides is 1. The van der Waals surface area contributed by atoms with E-state index in [1.54, 1.807) is 0 Å². The van der Waals surface area contributed by atoms with E-state index in [-0.39, 0.29) is 24.9 Å². The maximum atomic E-state index is 13.2. The Hall–Kier alpha value is -1.92. The Balaban J connectivity index is 4.61. The van der Waals surface area contributed by atoms with Gasteiger partial charge in [0.1, 0.15) is 6.10 Å². The maximum absolute atomic E-state index is 13.2. The van der Waals surface area contributed by atoms with Crippen molar-refractivity contribution < 1.29 is 24.5 Å². The lowest BCUT2D eigenvalue weighted by Gasteiger charge is -2.24. The van der Waals surface area contributed by atoms with E-state index in [2.05, 4.69) is 62.5 Å². The number of carbonyl (C=O) groups is 2. The van der Waals surface area contributed by atoms with Crippen LogP contribution in [0.3, 0.4) is 0 Å². The summed E-state index contributed by atoms with van der Waals surface area (Å²) >= 11 is 0. The molecule has 3 unspecified atom stereocenters. The van der Waals surface area contributed by atoms with Crippen LogP contribution in [0.4, 0.5) is 0 Å². The molecular weight excluding hydrogens is 707 g/mol. The molecule has 0 rings (SSSR count). The fourth-order valence-corrected chi connectivity index (χ4v) is 7.42. The summed E-state index contributed by atoms with van der Waals surface area (Å²) in [4.78, 5) is 26.1. The molecule has 334 valence electrons. The molecule has 3 atom stereocenters. The molecule has 0 aliphatic carbocycles. The zero-order valence-corrected chi connectivity index (χ0v) is 38.0. The maximum Gasteiger partial charge on any atom is 0.306 e. The fraction of sp³-hybridized carbons (Fsp3) is 0.843. The highest BCUT2D eigenvalue weighted by Crippen LogP contribution is 2.17. The van der Waals surface area contributed by atoms with Crippen LogP contribution in [0.1, 0.15) is 252 Å². The molecule has 0 bridgehead atoms. The van der Waals surface area contributed by atoms with Crippen LogP contribution in [0, 0.1) is 0 Å². The number of allylic oxidation sites excluding steroid dienone is 6. The fourth-order valence-electron chi connectivity index (χ4n) is 7.42. The normalized spacial score (nSPS) is 13.6. The highest BCUT2D eigenvalue weighted by atomic mass is 16.5. The molecule has 57 heavy (non-hydrogen) atoms. The molecule has 1 amide bonds. The third-order valence-electron chi connectivity index (χ3n) is 11.2. The van der Waals surface area contributed by atoms with Gasteiger partial charge < -0.3 is 20.3 Å². The van der Waals surface area contributed by atoms with Gasteiger partial charge in [0.15, 0.2) is 0 Å². The summed E-state index contributed by atoms with van der Waals surface area (Å²) in [6.45, 7) is 6.42. The lowest BCUT2D eigenvalue weighted by Crippen LogP contribution is -2.46. The molecule has 0 aromatic heterocycles. The van der Waals surface area contributed by atoms with Gasteiger partial charge in [0.2, 0.25) is 5.91 Å². The molecule has 0 aromatic carbocycles. The van der Waals surface area contributed by atoms with E-state index in [4.69, 9.17) is 4.74 Å². The van der Waals surface area contributed by atoms with E-state index in [0.717, 1.165) is 77.0 Å². The predicted octanol–water partition coefficient (Wildman–Crippen LogP) is 14.5. The van der Waals surface area contributed by atoms with Gasteiger partial charge in [0, 0.05) is 6.42 Å². The van der Waals surface area contributed by atoms with Crippen molar-refractivity contribution >= 4 is 11.9 Å². The first-order valence-corrected chi connectivity index (χ1v) is 24.7. The smallest absolute Gasteiger partial charge is 0.306 e. The van der Waals surface area contributed by atoms with Gasteiger partial charge in [0.25, 0.3) is 0 Å². The van der Waals surface area contributed by atoms with Crippen LogP contribution in [0.25, 0.3) is 0 Å². The number of unbranched alkanes of at least 4 members (excludes halogenated alkanes) is 27. The van der Waals surface area contributed by atoms with Crippen LogP contribution in [0.5, 0.6) is 0 Å². The topological polar surface area (TPSA) is 95.9 Å². The molecule has 0 aliphatic rings. The average molecular weight is 802 g/mol. The second-order valence-electron chi connectivity index (χ2n) is 16.9. The van der Waals surface area contributed by atoms with Crippen molar-refractivity contribution in [2.75, 3.05) is 6.61 Å². The minimum atomic E-state index is -0.790. The Morgan fingerprint density at radius 2 is 0.895 bits per heavy atom. The quantitative estimate of drug-likeness (QED) is 0.0247. The van der Waals surface area contributed by atoms with Crippen LogP contribution in [-0.2, 0) is 14.3 Å². The third-order valence-corrected chi connectivity index (χ3v) is 11.2. The molecule has 0 saturated carbocycles. The van der Waals surface area contributed by atoms with Gasteiger partial charge >= 0.3 is 5.97 Å². The number of aliphatic hydroxyl groups is 2. The van der Waals surface area contributed by atoms with Gasteiger partial charge in [-0.3, -0.25) is 9.59 Å². The van der Waals surface area contributed by atoms with E-state index >= 15 is 0 Å². The first-order chi connectivity index (χ1) is 28.0.